The largest absolute Gasteiger partial charge is 0.465 e. The molecule has 10 heteroatoms. The summed E-state index contributed by atoms with van der Waals surface area (Å²) in [5.74, 6) is -0.441. The number of nitrogens with one attached hydrogen (secondary N) is 2. The monoisotopic (exact) mass is 302 g/mol. The minimum absolute atomic E-state index is 0.154. The Morgan fingerprint density at radius 2 is 2.14 bits per heavy atom. The predicted octanol–water partition coefficient (Wildman–Crippen LogP) is -0.650. The van der Waals surface area contributed by atoms with Crippen LogP contribution in [-0.4, -0.2) is 70.1 Å². The highest BCUT2D eigenvalue weighted by atomic mass is 16.7. The van der Waals surface area contributed by atoms with E-state index in [9.17, 15) is 19.6 Å². The van der Waals surface area contributed by atoms with Crippen LogP contribution < -0.4 is 10.8 Å². The fourth-order valence-corrected chi connectivity index (χ4v) is 2.45. The Kier molecular flexibility index (Phi) is 4.81. The summed E-state index contributed by atoms with van der Waals surface area (Å²) in [6.45, 7) is 0.706. The highest BCUT2D eigenvalue weighted by molar-refractivity contribution is 5.87. The highest BCUT2D eigenvalue weighted by Crippen LogP contribution is 2.28. The predicted molar refractivity (Wildman–Crippen MR) is 67.3 cm³/mol. The van der Waals surface area contributed by atoms with Gasteiger partial charge in [0.15, 0.2) is 0 Å². The van der Waals surface area contributed by atoms with E-state index in [-0.39, 0.29) is 19.2 Å². The molecular formula is C11H18N4O6. The topological polar surface area (TPSA) is 131 Å². The fraction of sp³-hybridized carbons (Fsp3) is 0.727. The molecule has 0 radical (unpaired) electrons. The number of rotatable bonds is 6. The third kappa shape index (κ3) is 3.52. The number of urea groups is 1. The van der Waals surface area contributed by atoms with Crippen LogP contribution in [0.25, 0.3) is 0 Å². The Morgan fingerprint density at radius 3 is 2.86 bits per heavy atom. The Labute approximate surface area is 120 Å². The van der Waals surface area contributed by atoms with Crippen LogP contribution in [0.4, 0.5) is 9.59 Å². The smallest absolute Gasteiger partial charge is 0.404 e. The molecule has 21 heavy (non-hydrogen) atoms. The molecular weight excluding hydrogens is 284 g/mol. The number of fused-ring (bicyclic) bond motifs is 2. The number of carbonyl (C=O) groups excluding carboxylic acids is 2. The maximum Gasteiger partial charge on any atom is 0.404 e. The van der Waals surface area contributed by atoms with E-state index < -0.39 is 24.1 Å². The van der Waals surface area contributed by atoms with Gasteiger partial charge in [0.05, 0.1) is 12.6 Å². The van der Waals surface area contributed by atoms with Crippen LogP contribution in [0.5, 0.6) is 0 Å². The van der Waals surface area contributed by atoms with Crippen molar-refractivity contribution in [1.29, 1.82) is 0 Å². The van der Waals surface area contributed by atoms with E-state index in [1.54, 1.807) is 0 Å². The van der Waals surface area contributed by atoms with Crippen molar-refractivity contribution in [2.75, 3.05) is 19.7 Å². The van der Waals surface area contributed by atoms with Crippen LogP contribution in [0.3, 0.4) is 0 Å². The van der Waals surface area contributed by atoms with Crippen molar-refractivity contribution < 1.29 is 29.5 Å². The molecule has 2 saturated heterocycles. The first-order valence-corrected chi connectivity index (χ1v) is 6.68. The lowest BCUT2D eigenvalue weighted by atomic mass is 10.0. The van der Waals surface area contributed by atoms with E-state index in [1.807, 2.05) is 0 Å². The molecule has 2 bridgehead atoms. The molecule has 2 heterocycles. The molecule has 4 N–H and O–H groups in total. The van der Waals surface area contributed by atoms with E-state index in [0.29, 0.717) is 30.9 Å². The van der Waals surface area contributed by atoms with Gasteiger partial charge in [-0.3, -0.25) is 14.8 Å². The molecule has 0 aromatic rings. The number of carboxylic acid groups (broad SMARTS) is 1. The molecule has 0 saturated carbocycles. The number of hydrogen-bond acceptors (Lipinski definition) is 5. The highest BCUT2D eigenvalue weighted by Gasteiger charge is 2.46. The van der Waals surface area contributed by atoms with Crippen LogP contribution in [0.1, 0.15) is 19.3 Å². The van der Waals surface area contributed by atoms with Gasteiger partial charge < -0.3 is 15.3 Å². The molecule has 0 aromatic carbocycles. The summed E-state index contributed by atoms with van der Waals surface area (Å²) in [6.07, 6.45) is 0.312. The van der Waals surface area contributed by atoms with Gasteiger partial charge in [0.25, 0.3) is 5.91 Å². The zero-order chi connectivity index (χ0) is 15.4. The van der Waals surface area contributed by atoms with E-state index in [4.69, 9.17) is 9.94 Å². The van der Waals surface area contributed by atoms with Gasteiger partial charge in [-0.15, -0.1) is 0 Å². The van der Waals surface area contributed by atoms with Crippen molar-refractivity contribution in [2.24, 2.45) is 0 Å². The zero-order valence-corrected chi connectivity index (χ0v) is 11.3. The van der Waals surface area contributed by atoms with Crippen LogP contribution in [-0.2, 0) is 9.63 Å². The Bertz CT molecular complexity index is 431. The van der Waals surface area contributed by atoms with Gasteiger partial charge in [-0.25, -0.2) is 20.1 Å². The molecule has 2 atom stereocenters. The summed E-state index contributed by atoms with van der Waals surface area (Å²) in [6, 6.07) is -1.46. The lowest BCUT2D eigenvalue weighted by Gasteiger charge is -2.28. The Hall–Kier alpha value is -2.07. The second-order valence-electron chi connectivity index (χ2n) is 4.93. The first kappa shape index (κ1) is 15.3. The normalized spacial score (nSPS) is 24.1. The third-order valence-corrected chi connectivity index (χ3v) is 3.52. The lowest BCUT2D eigenvalue weighted by molar-refractivity contribution is -0.138. The van der Waals surface area contributed by atoms with Gasteiger partial charge in [-0.1, -0.05) is 0 Å². The summed E-state index contributed by atoms with van der Waals surface area (Å²) in [5, 5.41) is 20.7. The average molecular weight is 302 g/mol. The second kappa shape index (κ2) is 6.59. The summed E-state index contributed by atoms with van der Waals surface area (Å²) in [7, 11) is 0. The quantitative estimate of drug-likeness (QED) is 0.293. The molecule has 2 fully saturated rings. The molecule has 0 spiro atoms. The first-order valence-electron chi connectivity index (χ1n) is 6.68. The number of hydroxylamine groups is 3. The van der Waals surface area contributed by atoms with Crippen LogP contribution in [0.2, 0.25) is 0 Å². The second-order valence-corrected chi connectivity index (χ2v) is 4.93. The lowest BCUT2D eigenvalue weighted by Crippen LogP contribution is -2.49. The molecule has 10 nitrogen and oxygen atoms in total. The van der Waals surface area contributed by atoms with Crippen LogP contribution in [0.15, 0.2) is 0 Å². The molecule has 2 rings (SSSR count). The van der Waals surface area contributed by atoms with E-state index in [1.165, 1.54) is 4.90 Å². The molecule has 1 unspecified atom stereocenters. The SMILES string of the molecule is O=C(O)NCCCONC(=O)[C@@H]1CCC2CN1C(=O)N2O. The van der Waals surface area contributed by atoms with Gasteiger partial charge in [0.2, 0.25) is 0 Å². The third-order valence-electron chi connectivity index (χ3n) is 3.52. The summed E-state index contributed by atoms with van der Waals surface area (Å²) < 4.78 is 0. The number of amides is 4. The van der Waals surface area contributed by atoms with Crippen molar-refractivity contribution in [2.45, 2.75) is 31.3 Å². The first-order chi connectivity index (χ1) is 10.0. The van der Waals surface area contributed by atoms with Crippen molar-refractivity contribution in [3.05, 3.63) is 0 Å². The van der Waals surface area contributed by atoms with Crippen LogP contribution >= 0.6 is 0 Å². The molecule has 4 amide bonds. The Balaban J connectivity index is 1.69. The summed E-state index contributed by atoms with van der Waals surface area (Å²) in [5.41, 5.74) is 2.25. The molecule has 0 aromatic heterocycles. The minimum atomic E-state index is -1.11. The minimum Gasteiger partial charge on any atom is -0.465 e. The molecule has 0 aliphatic carbocycles. The van der Waals surface area contributed by atoms with Gasteiger partial charge >= 0.3 is 12.1 Å². The van der Waals surface area contributed by atoms with Gasteiger partial charge in [0, 0.05) is 13.1 Å². The molecule has 2 aliphatic heterocycles. The van der Waals surface area contributed by atoms with Gasteiger partial charge in [-0.05, 0) is 19.3 Å². The van der Waals surface area contributed by atoms with Crippen molar-refractivity contribution in [3.8, 4) is 0 Å². The maximum absolute atomic E-state index is 11.9. The number of hydrogen-bond donors (Lipinski definition) is 4. The van der Waals surface area contributed by atoms with E-state index >= 15 is 0 Å². The van der Waals surface area contributed by atoms with Crippen molar-refractivity contribution in [3.63, 3.8) is 0 Å². The van der Waals surface area contributed by atoms with E-state index in [0.717, 1.165) is 0 Å². The summed E-state index contributed by atoms with van der Waals surface area (Å²) >= 11 is 0. The molecule has 2 aliphatic rings. The Morgan fingerprint density at radius 1 is 1.38 bits per heavy atom. The average Bonchev–Trinajstić information content (AvgIpc) is 2.67. The van der Waals surface area contributed by atoms with Gasteiger partial charge in [0.1, 0.15) is 6.04 Å². The van der Waals surface area contributed by atoms with Crippen molar-refractivity contribution >= 4 is 18.0 Å². The number of carbonyl (C=O) groups is 3. The summed E-state index contributed by atoms with van der Waals surface area (Å²) in [4.78, 5) is 40.1. The number of piperidine rings is 1. The fourth-order valence-electron chi connectivity index (χ4n) is 2.45. The molecule has 118 valence electrons. The van der Waals surface area contributed by atoms with Crippen molar-refractivity contribution in [1.82, 2.24) is 20.8 Å². The number of nitrogens with zero attached hydrogens (tertiary/aromatic N) is 2. The standard InChI is InChI=1S/C11H18N4O6/c16-9(13-21-5-1-4-12-10(17)18)8-3-2-7-6-14(8)11(19)15(7)20/h7-8,12,20H,1-6H2,(H,13,16)(H,17,18)/t7?,8-/m0/s1. The van der Waals surface area contributed by atoms with Gasteiger partial charge in [-0.2, -0.15) is 0 Å². The van der Waals surface area contributed by atoms with E-state index in [2.05, 4.69) is 10.8 Å². The zero-order valence-electron chi connectivity index (χ0n) is 11.3. The van der Waals surface area contributed by atoms with Crippen LogP contribution in [0, 0.1) is 0 Å². The maximum atomic E-state index is 11.9.